The third kappa shape index (κ3) is 5.91. The molecule has 2 saturated carbocycles. The van der Waals surface area contributed by atoms with Crippen molar-refractivity contribution >= 4 is 20.0 Å². The van der Waals surface area contributed by atoms with E-state index in [-0.39, 0.29) is 46.8 Å². The van der Waals surface area contributed by atoms with Gasteiger partial charge in [0.15, 0.2) is 0 Å². The van der Waals surface area contributed by atoms with E-state index in [2.05, 4.69) is 12.2 Å². The smallest absolute Gasteiger partial charge is 0.207 e. The minimum atomic E-state index is -3.79. The molecule has 0 unspecified atom stereocenters. The zero-order valence-electron chi connectivity index (χ0n) is 24.0. The Labute approximate surface area is 250 Å². The second-order valence-electron chi connectivity index (χ2n) is 11.9. The summed E-state index contributed by atoms with van der Waals surface area (Å²) in [4.78, 5) is 0.535. The van der Waals surface area contributed by atoms with Gasteiger partial charge in [-0.15, -0.1) is 0 Å². The Balaban J connectivity index is 1.28. The molecule has 2 fully saturated rings. The molecule has 6 atom stereocenters. The Hall–Kier alpha value is -3.04. The number of fused-ring (bicyclic) bond motifs is 2. The lowest BCUT2D eigenvalue weighted by molar-refractivity contribution is 0.349. The maximum atomic E-state index is 14.0. The summed E-state index contributed by atoms with van der Waals surface area (Å²) in [5.74, 6) is 1.23. The van der Waals surface area contributed by atoms with Gasteiger partial charge in [0.1, 0.15) is 0 Å². The highest BCUT2D eigenvalue weighted by molar-refractivity contribution is 7.89. The lowest BCUT2D eigenvalue weighted by atomic mass is 10.1. The molecule has 0 amide bonds. The molecule has 6 nitrogen and oxygen atoms in total. The summed E-state index contributed by atoms with van der Waals surface area (Å²) in [6.07, 6.45) is 21.7. The quantitative estimate of drug-likeness (QED) is 0.322. The van der Waals surface area contributed by atoms with Gasteiger partial charge in [-0.25, -0.2) is 16.8 Å². The molecule has 4 aliphatic rings. The standard InChI is InChI=1S/C34H38N2O4S2/c1-25-13-17-29(18-14-25)41(37,38)35(33-11-5-3-9-27-23-31(27)33)21-7-8-22-36(34-12-6-4-10-28-24-32(28)34)42(39,40)30-19-15-26(2)16-20-30/h3-20,27-28,31-34H,21-24H2,1-2H3/b8-7+/t27-,28-,31+,32+,33-,34-/m1/s1. The Morgan fingerprint density at radius 2 is 0.952 bits per heavy atom. The van der Waals surface area contributed by atoms with Gasteiger partial charge in [0.2, 0.25) is 20.0 Å². The molecule has 0 radical (unpaired) electrons. The van der Waals surface area contributed by atoms with Crippen LogP contribution in [0.2, 0.25) is 0 Å². The van der Waals surface area contributed by atoms with Crippen molar-refractivity contribution in [1.82, 2.24) is 8.61 Å². The van der Waals surface area contributed by atoms with Crippen LogP contribution in [0.1, 0.15) is 24.0 Å². The average molecular weight is 603 g/mol. The highest BCUT2D eigenvalue weighted by Gasteiger charge is 2.47. The van der Waals surface area contributed by atoms with Gasteiger partial charge in [0.05, 0.1) is 9.79 Å². The molecule has 0 bridgehead atoms. The SMILES string of the molecule is Cc1ccc(S(=O)(=O)N(C/C=C/CN([C@@H]2C=CC=C[C@@H]3C[C@@H]32)S(=O)(=O)c2ccc(C)cc2)[C@@H]2C=CC=C[C@@H]3C[C@@H]32)cc1. The molecular formula is C34H38N2O4S2. The Morgan fingerprint density at radius 1 is 0.595 bits per heavy atom. The van der Waals surface area contributed by atoms with Gasteiger partial charge in [-0.05, 0) is 74.6 Å². The molecule has 0 spiro atoms. The molecule has 42 heavy (non-hydrogen) atoms. The fraction of sp³-hybridized carbons (Fsp3) is 0.353. The van der Waals surface area contributed by atoms with E-state index in [1.165, 1.54) is 0 Å². The van der Waals surface area contributed by atoms with Crippen LogP contribution in [0.5, 0.6) is 0 Å². The van der Waals surface area contributed by atoms with Crippen LogP contribution in [0.4, 0.5) is 0 Å². The Bertz CT molecular complexity index is 1540. The maximum absolute atomic E-state index is 14.0. The van der Waals surface area contributed by atoms with Crippen molar-refractivity contribution in [2.24, 2.45) is 23.7 Å². The van der Waals surface area contributed by atoms with Crippen LogP contribution in [0.15, 0.2) is 119 Å². The highest BCUT2D eigenvalue weighted by atomic mass is 32.2. The molecule has 4 aliphatic carbocycles. The fourth-order valence-corrected chi connectivity index (χ4v) is 9.34. The largest absolute Gasteiger partial charge is 0.243 e. The molecular weight excluding hydrogens is 565 g/mol. The van der Waals surface area contributed by atoms with Crippen LogP contribution < -0.4 is 0 Å². The normalized spacial score (nSPS) is 28.1. The predicted octanol–water partition coefficient (Wildman–Crippen LogP) is 5.80. The Morgan fingerprint density at radius 3 is 1.33 bits per heavy atom. The van der Waals surface area contributed by atoms with Gasteiger partial charge in [-0.3, -0.25) is 0 Å². The summed E-state index contributed by atoms with van der Waals surface area (Å²) in [6, 6.07) is 13.4. The van der Waals surface area contributed by atoms with Crippen molar-refractivity contribution in [3.05, 3.63) is 120 Å². The van der Waals surface area contributed by atoms with Crippen LogP contribution in [0, 0.1) is 37.5 Å². The van der Waals surface area contributed by atoms with Crippen molar-refractivity contribution in [3.63, 3.8) is 0 Å². The van der Waals surface area contributed by atoms with E-state index >= 15 is 0 Å². The summed E-state index contributed by atoms with van der Waals surface area (Å²) < 4.78 is 59.0. The molecule has 2 aromatic carbocycles. The molecule has 0 N–H and O–H groups in total. The minimum Gasteiger partial charge on any atom is -0.207 e. The minimum absolute atomic E-state index is 0.154. The second-order valence-corrected chi connectivity index (χ2v) is 15.7. The van der Waals surface area contributed by atoms with E-state index in [0.29, 0.717) is 11.8 Å². The van der Waals surface area contributed by atoms with Gasteiger partial charge < -0.3 is 0 Å². The number of sulfonamides is 2. The third-order valence-electron chi connectivity index (χ3n) is 8.87. The van der Waals surface area contributed by atoms with Crippen molar-refractivity contribution in [1.29, 1.82) is 0 Å². The van der Waals surface area contributed by atoms with Gasteiger partial charge in [-0.1, -0.05) is 96.2 Å². The molecule has 220 valence electrons. The number of hydrogen-bond donors (Lipinski definition) is 0. The third-order valence-corrected chi connectivity index (χ3v) is 12.6. The van der Waals surface area contributed by atoms with E-state index in [0.717, 1.165) is 24.0 Å². The van der Waals surface area contributed by atoms with Gasteiger partial charge >= 0.3 is 0 Å². The average Bonchev–Trinajstić information content (AvgIpc) is 3.86. The summed E-state index contributed by atoms with van der Waals surface area (Å²) in [7, 11) is -7.58. The van der Waals surface area contributed by atoms with Crippen molar-refractivity contribution in [2.45, 2.75) is 48.6 Å². The Kier molecular flexibility index (Phi) is 8.00. The predicted molar refractivity (Wildman–Crippen MR) is 167 cm³/mol. The van der Waals surface area contributed by atoms with Crippen LogP contribution in [-0.4, -0.2) is 50.6 Å². The van der Waals surface area contributed by atoms with E-state index in [1.54, 1.807) is 32.9 Å². The molecule has 8 heteroatoms. The van der Waals surface area contributed by atoms with E-state index < -0.39 is 20.0 Å². The maximum Gasteiger partial charge on any atom is 0.243 e. The first kappa shape index (κ1) is 29.1. The van der Waals surface area contributed by atoms with E-state index in [4.69, 9.17) is 0 Å². The van der Waals surface area contributed by atoms with Crippen LogP contribution in [0.3, 0.4) is 0 Å². The number of aryl methyl sites for hydroxylation is 2. The van der Waals surface area contributed by atoms with Crippen LogP contribution in [-0.2, 0) is 20.0 Å². The lowest BCUT2D eigenvalue weighted by Gasteiger charge is -2.29. The summed E-state index contributed by atoms with van der Waals surface area (Å²) >= 11 is 0. The van der Waals surface area contributed by atoms with Crippen molar-refractivity contribution < 1.29 is 16.8 Å². The zero-order valence-corrected chi connectivity index (χ0v) is 25.7. The topological polar surface area (TPSA) is 74.8 Å². The number of nitrogens with zero attached hydrogens (tertiary/aromatic N) is 2. The van der Waals surface area contributed by atoms with Gasteiger partial charge in [0, 0.05) is 25.2 Å². The van der Waals surface area contributed by atoms with Gasteiger partial charge in [-0.2, -0.15) is 8.61 Å². The van der Waals surface area contributed by atoms with Crippen LogP contribution in [0.25, 0.3) is 0 Å². The molecule has 0 aliphatic heterocycles. The highest BCUT2D eigenvalue weighted by Crippen LogP contribution is 2.47. The first-order chi connectivity index (χ1) is 20.2. The number of rotatable bonds is 10. The number of allylic oxidation sites excluding steroid dienone is 6. The van der Waals surface area contributed by atoms with Gasteiger partial charge in [0.25, 0.3) is 0 Å². The lowest BCUT2D eigenvalue weighted by Crippen LogP contribution is -2.42. The molecule has 6 rings (SSSR count). The molecule has 0 heterocycles. The first-order valence-corrected chi connectivity index (χ1v) is 17.6. The summed E-state index contributed by atoms with van der Waals surface area (Å²) in [5.41, 5.74) is 1.99. The summed E-state index contributed by atoms with van der Waals surface area (Å²) in [6.45, 7) is 4.18. The van der Waals surface area contributed by atoms with E-state index in [1.807, 2.05) is 86.7 Å². The zero-order chi connectivity index (χ0) is 29.5. The second kappa shape index (κ2) is 11.6. The number of hydrogen-bond acceptors (Lipinski definition) is 4. The van der Waals surface area contributed by atoms with Crippen LogP contribution >= 0.6 is 0 Å². The van der Waals surface area contributed by atoms with E-state index in [9.17, 15) is 16.8 Å². The molecule has 2 aromatic rings. The number of benzene rings is 2. The monoisotopic (exact) mass is 602 g/mol. The van der Waals surface area contributed by atoms with Crippen molar-refractivity contribution in [2.75, 3.05) is 13.1 Å². The molecule has 0 saturated heterocycles. The summed E-state index contributed by atoms with van der Waals surface area (Å²) in [5, 5.41) is 0. The van der Waals surface area contributed by atoms with Crippen molar-refractivity contribution in [3.8, 4) is 0 Å². The fourth-order valence-electron chi connectivity index (χ4n) is 6.18. The first-order valence-electron chi connectivity index (χ1n) is 14.7. The molecule has 0 aromatic heterocycles.